The first kappa shape index (κ1) is 67.2. The Labute approximate surface area is 493 Å². The smallest absolute Gasteiger partial charge is 0.248 e. The Kier molecular flexibility index (Phi) is 106. The number of anilines is 1. The predicted octanol–water partition coefficient (Wildman–Crippen LogP) is 0.537. The maximum Gasteiger partial charge on any atom is 0.248 e. The second-order valence-corrected chi connectivity index (χ2v) is 4.20. The quantitative estimate of drug-likeness (QED) is 0.505. The molecule has 0 unspecified atom stereocenters. The van der Waals surface area contributed by atoms with Crippen LogP contribution in [-0.2, 0) is 0 Å². The molecular formula is C12H17Ar11N3O. The maximum atomic E-state index is 10.9. The summed E-state index contributed by atoms with van der Waals surface area (Å²) in [7, 11) is 2.13. The van der Waals surface area contributed by atoms with Gasteiger partial charge in [0.15, 0.2) is 0 Å². The Hall–Kier alpha value is 12.3. The summed E-state index contributed by atoms with van der Waals surface area (Å²) in [6.45, 7) is 4.23. The number of carbonyl (C=O) groups is 1. The molecule has 0 aliphatic carbocycles. The SMILES string of the molecule is CN1CCN(c2ccc(C(N)=O)cc2)CC1.[Ar].[Ar].[Ar].[Ar].[Ar].[Ar].[Ar].[Ar].[Ar].[Ar].[Ar]. The van der Waals surface area contributed by atoms with E-state index in [0.29, 0.717) is 5.56 Å². The Morgan fingerprint density at radius 2 is 1.04 bits per heavy atom. The number of nitrogens with two attached hydrogens (primary N) is 1. The van der Waals surface area contributed by atoms with Crippen LogP contribution in [0.5, 0.6) is 0 Å². The van der Waals surface area contributed by atoms with E-state index in [0.717, 1.165) is 31.9 Å². The molecule has 1 heterocycles. The molecule has 0 saturated carbocycles. The van der Waals surface area contributed by atoms with Crippen LogP contribution in [0.25, 0.3) is 0 Å². The Bertz CT molecular complexity index is 393. The largest absolute Gasteiger partial charge is 0.369 e. The third kappa shape index (κ3) is 31.1. The normalized spacial score (nSPS) is 10.3. The zero-order valence-electron chi connectivity index (χ0n) is 13.4. The van der Waals surface area contributed by atoms with Gasteiger partial charge in [-0.05, 0) is 31.3 Å². The van der Waals surface area contributed by atoms with Crippen molar-refractivity contribution < 1.29 is 420 Å². The number of carbonyl (C=O) groups excluding carboxylic acids is 1. The molecule has 4 nitrogen and oxygen atoms in total. The fourth-order valence-electron chi connectivity index (χ4n) is 1.90. The van der Waals surface area contributed by atoms with Crippen molar-refractivity contribution in [2.45, 2.75) is 0 Å². The number of benzene rings is 1. The van der Waals surface area contributed by atoms with Gasteiger partial charge in [-0.15, -0.1) is 0 Å². The number of likely N-dealkylation sites (N-methyl/N-ethyl adjacent to an activating group) is 1. The zero-order chi connectivity index (χ0) is 11.5. The third-order valence-corrected chi connectivity index (χ3v) is 3.02. The van der Waals surface area contributed by atoms with Crippen molar-refractivity contribution in [3.8, 4) is 0 Å². The fraction of sp³-hybridized carbons (Fsp3) is 0.417. The number of hydrogen-bond acceptors (Lipinski definition) is 3. The minimum absolute atomic E-state index is 0. The van der Waals surface area contributed by atoms with E-state index < -0.39 is 0 Å². The van der Waals surface area contributed by atoms with E-state index in [1.165, 1.54) is 0 Å². The Balaban J connectivity index is -0.0000000328. The summed E-state index contributed by atoms with van der Waals surface area (Å²) in [6, 6.07) is 7.50. The maximum absolute atomic E-state index is 10.9. The molecule has 27 heavy (non-hydrogen) atoms. The predicted molar refractivity (Wildman–Crippen MR) is 64.7 cm³/mol. The van der Waals surface area contributed by atoms with Gasteiger partial charge in [-0.2, -0.15) is 0 Å². The number of rotatable bonds is 2. The van der Waals surface area contributed by atoms with Crippen LogP contribution in [0.1, 0.15) is 10.4 Å². The third-order valence-electron chi connectivity index (χ3n) is 3.02. The van der Waals surface area contributed by atoms with E-state index in [9.17, 15) is 4.79 Å². The van der Waals surface area contributed by atoms with Crippen molar-refractivity contribution in [2.75, 3.05) is 38.1 Å². The molecule has 1 fully saturated rings. The Morgan fingerprint density at radius 1 is 0.704 bits per heavy atom. The summed E-state index contributed by atoms with van der Waals surface area (Å²) in [6.07, 6.45) is 0. The van der Waals surface area contributed by atoms with E-state index >= 15 is 0 Å². The minimum Gasteiger partial charge on any atom is -0.369 e. The molecule has 1 saturated heterocycles. The van der Waals surface area contributed by atoms with Crippen molar-refractivity contribution >= 4 is 11.6 Å². The average molecular weight is 659 g/mol. The minimum atomic E-state index is -0.370. The van der Waals surface area contributed by atoms with Crippen molar-refractivity contribution in [2.24, 2.45) is 5.73 Å². The van der Waals surface area contributed by atoms with Crippen molar-refractivity contribution in [1.29, 1.82) is 0 Å². The van der Waals surface area contributed by atoms with Gasteiger partial charge in [0.2, 0.25) is 5.91 Å². The monoisotopic (exact) mass is 659 g/mol. The Morgan fingerprint density at radius 3 is 1.33 bits per heavy atom. The van der Waals surface area contributed by atoms with Gasteiger partial charge in [0.25, 0.3) is 0 Å². The number of amides is 1. The molecule has 2 N–H and O–H groups in total. The molecule has 1 aliphatic heterocycles. The molecular weight excluding hydrogens is 642 g/mol. The summed E-state index contributed by atoms with van der Waals surface area (Å²) in [5.74, 6) is -0.370. The van der Waals surface area contributed by atoms with Gasteiger partial charge < -0.3 is 15.5 Å². The van der Waals surface area contributed by atoms with E-state index in [1.54, 1.807) is 12.1 Å². The molecule has 174 valence electrons. The van der Waals surface area contributed by atoms with Gasteiger partial charge in [-0.1, -0.05) is 0 Å². The summed E-state index contributed by atoms with van der Waals surface area (Å²) < 4.78 is 0. The molecule has 1 aromatic carbocycles. The van der Waals surface area contributed by atoms with Crippen LogP contribution in [0.3, 0.4) is 0 Å². The molecule has 15 heteroatoms. The molecule has 1 amide bonds. The van der Waals surface area contributed by atoms with Gasteiger partial charge in [0, 0.05) is 453 Å². The van der Waals surface area contributed by atoms with Crippen LogP contribution in [0, 0.1) is 415 Å². The molecule has 1 aromatic rings. The molecule has 1 aliphatic rings. The first-order chi connectivity index (χ1) is 7.66. The van der Waals surface area contributed by atoms with Gasteiger partial charge in [-0.25, -0.2) is 0 Å². The van der Waals surface area contributed by atoms with Crippen LogP contribution in [0.2, 0.25) is 0 Å². The van der Waals surface area contributed by atoms with Crippen LogP contribution in [0.15, 0.2) is 24.3 Å². The van der Waals surface area contributed by atoms with Crippen LogP contribution < -0.4 is 10.6 Å². The molecule has 2 rings (SSSR count). The van der Waals surface area contributed by atoms with Crippen molar-refractivity contribution in [3.63, 3.8) is 0 Å². The number of primary amides is 1. The number of nitrogens with zero attached hydrogens (tertiary/aromatic N) is 2. The standard InChI is InChI=1S/C12H17N3O.11Ar/c1-14-6-8-15(9-7-14)11-4-2-10(3-5-11)12(13)16;;;;;;;;;;;/h2-5H,6-9H2,1H3,(H2,13,16);;;;;;;;;;;. The van der Waals surface area contributed by atoms with Crippen LogP contribution >= 0.6 is 0 Å². The second-order valence-electron chi connectivity index (χ2n) is 4.20. The average Bonchev–Trinajstić information content (AvgIpc) is 2.30. The fourth-order valence-corrected chi connectivity index (χ4v) is 1.90. The van der Waals surface area contributed by atoms with E-state index in [-0.39, 0.29) is 421 Å². The van der Waals surface area contributed by atoms with E-state index in [2.05, 4.69) is 16.8 Å². The molecule has 0 spiro atoms. The number of hydrogen-bond donors (Lipinski definition) is 1. The van der Waals surface area contributed by atoms with Gasteiger partial charge in [0.1, 0.15) is 0 Å². The van der Waals surface area contributed by atoms with Gasteiger partial charge in [0.05, 0.1) is 0 Å². The van der Waals surface area contributed by atoms with Crippen molar-refractivity contribution in [3.05, 3.63) is 29.8 Å². The first-order valence-corrected chi connectivity index (χ1v) is 5.50. The summed E-state index contributed by atoms with van der Waals surface area (Å²) in [4.78, 5) is 15.6. The second kappa shape index (κ2) is 42.8. The first-order valence-electron chi connectivity index (χ1n) is 5.50. The van der Waals surface area contributed by atoms with E-state index in [1.807, 2.05) is 12.1 Å². The molecule has 0 atom stereocenters. The molecule has 0 radical (unpaired) electrons. The van der Waals surface area contributed by atoms with Crippen LogP contribution in [-0.4, -0.2) is 44.0 Å². The summed E-state index contributed by atoms with van der Waals surface area (Å²) in [5.41, 5.74) is 6.93. The van der Waals surface area contributed by atoms with Crippen LogP contribution in [0.4, 0.5) is 5.69 Å². The molecule has 0 bridgehead atoms. The van der Waals surface area contributed by atoms with Gasteiger partial charge >= 0.3 is 0 Å². The van der Waals surface area contributed by atoms with Crippen molar-refractivity contribution in [1.82, 2.24) is 4.90 Å². The number of piperazine rings is 1. The van der Waals surface area contributed by atoms with E-state index in [4.69, 9.17) is 5.73 Å². The van der Waals surface area contributed by atoms with Gasteiger partial charge in [-0.3, -0.25) is 4.79 Å². The zero-order valence-corrected chi connectivity index (χ0v) is 21.2. The molecule has 0 aromatic heterocycles. The topological polar surface area (TPSA) is 49.6 Å². The summed E-state index contributed by atoms with van der Waals surface area (Å²) >= 11 is 0. The summed E-state index contributed by atoms with van der Waals surface area (Å²) in [5, 5.41) is 0.